The van der Waals surface area contributed by atoms with Crippen molar-refractivity contribution in [1.29, 1.82) is 0 Å². The zero-order valence-corrected chi connectivity index (χ0v) is 10.1. The van der Waals surface area contributed by atoms with Gasteiger partial charge in [-0.3, -0.25) is 0 Å². The van der Waals surface area contributed by atoms with Crippen LogP contribution >= 0.6 is 11.3 Å². The third-order valence-corrected chi connectivity index (χ3v) is 3.63. The number of hydrogen-bond acceptors (Lipinski definition) is 4. The molecule has 4 nitrogen and oxygen atoms in total. The minimum Gasteiger partial charge on any atom is -0.390 e. The van der Waals surface area contributed by atoms with Crippen LogP contribution in [0.25, 0.3) is 21.6 Å². The molecule has 0 unspecified atom stereocenters. The molecule has 5 heteroatoms. The lowest BCUT2D eigenvalue weighted by Crippen LogP contribution is -1.85. The van der Waals surface area contributed by atoms with Crippen LogP contribution in [0.3, 0.4) is 0 Å². The fraction of sp³-hybridized carbons (Fsp3) is 0.167. The normalized spacial score (nSPS) is 11.2. The largest absolute Gasteiger partial charge is 0.390 e. The zero-order chi connectivity index (χ0) is 11.8. The van der Waals surface area contributed by atoms with Gasteiger partial charge in [0.15, 0.2) is 0 Å². The predicted molar refractivity (Wildman–Crippen MR) is 67.7 cm³/mol. The summed E-state index contributed by atoms with van der Waals surface area (Å²) in [5.74, 6) is 0. The number of aromatic nitrogens is 3. The van der Waals surface area contributed by atoms with Crippen molar-refractivity contribution in [2.24, 2.45) is 7.05 Å². The first-order valence-corrected chi connectivity index (χ1v) is 6.12. The van der Waals surface area contributed by atoms with Gasteiger partial charge < -0.3 is 9.67 Å². The lowest BCUT2D eigenvalue weighted by atomic mass is 10.2. The molecule has 3 aromatic rings. The molecule has 0 amide bonds. The molecule has 1 aromatic carbocycles. The third kappa shape index (κ3) is 1.73. The molecule has 2 aromatic heterocycles. The van der Waals surface area contributed by atoms with Crippen LogP contribution in [0.2, 0.25) is 0 Å². The van der Waals surface area contributed by atoms with Crippen LogP contribution in [0.15, 0.2) is 29.9 Å². The molecule has 0 saturated carbocycles. The number of aryl methyl sites for hydroxylation is 1. The molecule has 3 rings (SSSR count). The molecular formula is C12H11N3OS. The molecule has 0 saturated heterocycles. The van der Waals surface area contributed by atoms with E-state index >= 15 is 0 Å². The van der Waals surface area contributed by atoms with Gasteiger partial charge in [-0.25, -0.2) is 9.97 Å². The monoisotopic (exact) mass is 245 g/mol. The molecule has 0 radical (unpaired) electrons. The maximum atomic E-state index is 9.00. The van der Waals surface area contributed by atoms with Crippen molar-refractivity contribution in [1.82, 2.24) is 14.5 Å². The second-order valence-corrected chi connectivity index (χ2v) is 4.72. The molecule has 0 aliphatic carbocycles. The summed E-state index contributed by atoms with van der Waals surface area (Å²) in [6.45, 7) is -0.0116. The Labute approximate surface area is 102 Å². The van der Waals surface area contributed by atoms with Gasteiger partial charge in [-0.1, -0.05) is 0 Å². The number of hydrogen-bond donors (Lipinski definition) is 1. The van der Waals surface area contributed by atoms with Gasteiger partial charge in [-0.05, 0) is 18.2 Å². The summed E-state index contributed by atoms with van der Waals surface area (Å²) in [4.78, 5) is 8.67. The van der Waals surface area contributed by atoms with Crippen LogP contribution < -0.4 is 0 Å². The van der Waals surface area contributed by atoms with E-state index in [4.69, 9.17) is 5.11 Å². The summed E-state index contributed by atoms with van der Waals surface area (Å²) in [6.07, 6.45) is 1.80. The number of imidazole rings is 1. The van der Waals surface area contributed by atoms with E-state index in [0.29, 0.717) is 5.69 Å². The fourth-order valence-corrected chi connectivity index (χ4v) is 2.59. The number of rotatable bonds is 2. The van der Waals surface area contributed by atoms with Gasteiger partial charge in [0.1, 0.15) is 5.01 Å². The van der Waals surface area contributed by atoms with Crippen LogP contribution in [0, 0.1) is 0 Å². The van der Waals surface area contributed by atoms with Gasteiger partial charge in [0.05, 0.1) is 29.7 Å². The van der Waals surface area contributed by atoms with E-state index in [1.165, 1.54) is 11.3 Å². The van der Waals surface area contributed by atoms with Crippen molar-refractivity contribution in [2.75, 3.05) is 0 Å². The number of thiazole rings is 1. The Morgan fingerprint density at radius 2 is 2.29 bits per heavy atom. The van der Waals surface area contributed by atoms with Gasteiger partial charge in [-0.15, -0.1) is 11.3 Å². The van der Waals surface area contributed by atoms with Crippen LogP contribution in [0.4, 0.5) is 0 Å². The first kappa shape index (κ1) is 10.4. The highest BCUT2D eigenvalue weighted by atomic mass is 32.1. The summed E-state index contributed by atoms with van der Waals surface area (Å²) in [5.41, 5.74) is 3.82. The molecule has 86 valence electrons. The van der Waals surface area contributed by atoms with Crippen LogP contribution in [-0.4, -0.2) is 19.6 Å². The maximum absolute atomic E-state index is 9.00. The van der Waals surface area contributed by atoms with E-state index in [9.17, 15) is 0 Å². The zero-order valence-electron chi connectivity index (χ0n) is 9.29. The van der Waals surface area contributed by atoms with Crippen LogP contribution in [-0.2, 0) is 13.7 Å². The predicted octanol–water partition coefficient (Wildman–Crippen LogP) is 2.19. The second-order valence-electron chi connectivity index (χ2n) is 3.86. The third-order valence-electron chi connectivity index (χ3n) is 2.69. The average molecular weight is 245 g/mol. The summed E-state index contributed by atoms with van der Waals surface area (Å²) in [6, 6.07) is 6.09. The number of fused-ring (bicyclic) bond motifs is 1. The van der Waals surface area contributed by atoms with Gasteiger partial charge in [0.2, 0.25) is 0 Å². The van der Waals surface area contributed by atoms with Gasteiger partial charge in [-0.2, -0.15) is 0 Å². The SMILES string of the molecule is Cn1cnc2cc(-c3nc(CO)cs3)ccc21. The topological polar surface area (TPSA) is 50.9 Å². The van der Waals surface area contributed by atoms with E-state index < -0.39 is 0 Å². The summed E-state index contributed by atoms with van der Waals surface area (Å²) in [5, 5.41) is 11.8. The molecule has 0 aliphatic heterocycles. The molecular weight excluding hydrogens is 234 g/mol. The molecule has 0 bridgehead atoms. The van der Waals surface area contributed by atoms with Crippen LogP contribution in [0.1, 0.15) is 5.69 Å². The van der Waals surface area contributed by atoms with Crippen LogP contribution in [0.5, 0.6) is 0 Å². The first-order chi connectivity index (χ1) is 8.28. The lowest BCUT2D eigenvalue weighted by Gasteiger charge is -1.97. The van der Waals surface area contributed by atoms with E-state index in [0.717, 1.165) is 21.6 Å². The van der Waals surface area contributed by atoms with Gasteiger partial charge in [0.25, 0.3) is 0 Å². The van der Waals surface area contributed by atoms with Gasteiger partial charge in [0, 0.05) is 18.0 Å². The second kappa shape index (κ2) is 3.94. The maximum Gasteiger partial charge on any atom is 0.123 e. The highest BCUT2D eigenvalue weighted by molar-refractivity contribution is 7.13. The summed E-state index contributed by atoms with van der Waals surface area (Å²) < 4.78 is 1.99. The lowest BCUT2D eigenvalue weighted by molar-refractivity contribution is 0.278. The molecule has 0 aliphatic rings. The Bertz CT molecular complexity index is 671. The van der Waals surface area contributed by atoms with E-state index in [2.05, 4.69) is 9.97 Å². The molecule has 1 N–H and O–H groups in total. The molecule has 17 heavy (non-hydrogen) atoms. The van der Waals surface area contributed by atoms with Crippen molar-refractivity contribution >= 4 is 22.4 Å². The molecule has 0 spiro atoms. The number of aliphatic hydroxyl groups is 1. The van der Waals surface area contributed by atoms with Crippen molar-refractivity contribution in [3.05, 3.63) is 35.6 Å². The van der Waals surface area contributed by atoms with E-state index in [1.54, 1.807) is 6.33 Å². The Balaban J connectivity index is 2.11. The Hall–Kier alpha value is -1.72. The quantitative estimate of drug-likeness (QED) is 0.753. The van der Waals surface area contributed by atoms with Crippen molar-refractivity contribution in [3.8, 4) is 10.6 Å². The number of benzene rings is 1. The average Bonchev–Trinajstić information content (AvgIpc) is 2.96. The minimum absolute atomic E-state index is 0.0116. The Morgan fingerprint density at radius 3 is 3.06 bits per heavy atom. The number of nitrogens with zero attached hydrogens (tertiary/aromatic N) is 3. The Kier molecular flexibility index (Phi) is 2.42. The summed E-state index contributed by atoms with van der Waals surface area (Å²) in [7, 11) is 1.97. The standard InChI is InChI=1S/C12H11N3OS/c1-15-7-13-10-4-8(2-3-11(10)15)12-14-9(5-16)6-17-12/h2-4,6-7,16H,5H2,1H3. The smallest absolute Gasteiger partial charge is 0.123 e. The molecule has 2 heterocycles. The van der Waals surface area contributed by atoms with Crippen molar-refractivity contribution in [2.45, 2.75) is 6.61 Å². The molecule has 0 fully saturated rings. The Morgan fingerprint density at radius 1 is 1.41 bits per heavy atom. The highest BCUT2D eigenvalue weighted by Gasteiger charge is 2.06. The van der Waals surface area contributed by atoms with Crippen molar-refractivity contribution < 1.29 is 5.11 Å². The highest BCUT2D eigenvalue weighted by Crippen LogP contribution is 2.26. The molecule has 0 atom stereocenters. The van der Waals surface area contributed by atoms with E-state index in [1.807, 2.05) is 35.2 Å². The van der Waals surface area contributed by atoms with Crippen molar-refractivity contribution in [3.63, 3.8) is 0 Å². The van der Waals surface area contributed by atoms with E-state index in [-0.39, 0.29) is 6.61 Å². The fourth-order valence-electron chi connectivity index (χ4n) is 1.78. The minimum atomic E-state index is -0.0116. The van der Waals surface area contributed by atoms with Gasteiger partial charge >= 0.3 is 0 Å². The first-order valence-electron chi connectivity index (χ1n) is 5.24. The number of aliphatic hydroxyl groups excluding tert-OH is 1. The summed E-state index contributed by atoms with van der Waals surface area (Å²) >= 11 is 1.54.